The van der Waals surface area contributed by atoms with Gasteiger partial charge in [0.05, 0.1) is 5.69 Å². The molecule has 3 nitrogen and oxygen atoms in total. The van der Waals surface area contributed by atoms with Gasteiger partial charge >= 0.3 is 0 Å². The number of thiocarbonyl (C=S) groups is 1. The fraction of sp³-hybridized carbons (Fsp3) is 0.500. The van der Waals surface area contributed by atoms with Crippen LogP contribution in [0.1, 0.15) is 15.6 Å². The summed E-state index contributed by atoms with van der Waals surface area (Å²) in [5, 5.41) is 0.815. The molecule has 0 fully saturated rings. The van der Waals surface area contributed by atoms with Crippen molar-refractivity contribution in [1.29, 1.82) is 0 Å². The van der Waals surface area contributed by atoms with Crippen LogP contribution in [-0.2, 0) is 13.0 Å². The lowest BCUT2D eigenvalue weighted by Gasteiger charge is -2.20. The van der Waals surface area contributed by atoms with Crippen molar-refractivity contribution in [1.82, 2.24) is 9.88 Å². The summed E-state index contributed by atoms with van der Waals surface area (Å²) < 4.78 is 0. The van der Waals surface area contributed by atoms with Crippen LogP contribution in [0.2, 0.25) is 0 Å². The number of hydrogen-bond donors (Lipinski definition) is 1. The predicted octanol–water partition coefficient (Wildman–Crippen LogP) is 0.765. The van der Waals surface area contributed by atoms with Gasteiger partial charge in [0.25, 0.3) is 0 Å². The highest BCUT2D eigenvalue weighted by molar-refractivity contribution is 7.81. The van der Waals surface area contributed by atoms with E-state index in [2.05, 4.69) is 16.9 Å². The molecule has 0 atom stereocenters. The van der Waals surface area contributed by atoms with Gasteiger partial charge in [0.1, 0.15) is 4.99 Å². The second kappa shape index (κ2) is 3.32. The minimum absolute atomic E-state index is 0.419. The van der Waals surface area contributed by atoms with Gasteiger partial charge in [-0.1, -0.05) is 12.2 Å². The lowest BCUT2D eigenvalue weighted by Crippen LogP contribution is -2.25. The molecule has 0 saturated carbocycles. The third kappa shape index (κ3) is 1.72. The summed E-state index contributed by atoms with van der Waals surface area (Å²) >= 11 is 6.53. The van der Waals surface area contributed by atoms with Crippen LogP contribution in [0.3, 0.4) is 0 Å². The van der Waals surface area contributed by atoms with Crippen molar-refractivity contribution in [3.05, 3.63) is 15.6 Å². The van der Waals surface area contributed by atoms with Crippen molar-refractivity contribution >= 4 is 28.5 Å². The van der Waals surface area contributed by atoms with Gasteiger partial charge in [-0.15, -0.1) is 11.3 Å². The van der Waals surface area contributed by atoms with Gasteiger partial charge in [-0.05, 0) is 13.5 Å². The molecule has 0 aliphatic carbocycles. The Bertz CT molecular complexity index is 345. The number of aromatic nitrogens is 1. The summed E-state index contributed by atoms with van der Waals surface area (Å²) in [5.74, 6) is 0. The Hall–Kier alpha value is -0.520. The van der Waals surface area contributed by atoms with Crippen molar-refractivity contribution in [2.24, 2.45) is 5.73 Å². The maximum atomic E-state index is 5.53. The summed E-state index contributed by atoms with van der Waals surface area (Å²) in [6.07, 6.45) is 1.08. The van der Waals surface area contributed by atoms with E-state index in [0.29, 0.717) is 4.99 Å². The number of thiazole rings is 1. The van der Waals surface area contributed by atoms with Crippen molar-refractivity contribution in [2.45, 2.75) is 13.0 Å². The molecule has 0 radical (unpaired) electrons. The van der Waals surface area contributed by atoms with Crippen LogP contribution in [-0.4, -0.2) is 28.5 Å². The van der Waals surface area contributed by atoms with Gasteiger partial charge in [0.2, 0.25) is 0 Å². The average molecular weight is 213 g/mol. The molecule has 2 heterocycles. The summed E-state index contributed by atoms with van der Waals surface area (Å²) in [6, 6.07) is 0. The monoisotopic (exact) mass is 213 g/mol. The van der Waals surface area contributed by atoms with E-state index in [1.165, 1.54) is 4.88 Å². The van der Waals surface area contributed by atoms with E-state index in [4.69, 9.17) is 18.0 Å². The molecule has 2 N–H and O–H groups in total. The molecule has 1 aromatic rings. The molecule has 70 valence electrons. The van der Waals surface area contributed by atoms with Crippen LogP contribution in [0.5, 0.6) is 0 Å². The molecule has 0 saturated heterocycles. The number of nitrogens with zero attached hydrogens (tertiary/aromatic N) is 2. The number of hydrogen-bond acceptors (Lipinski definition) is 4. The smallest absolute Gasteiger partial charge is 0.150 e. The minimum atomic E-state index is 0.419. The third-order valence-electron chi connectivity index (χ3n) is 2.13. The molecule has 0 unspecified atom stereocenters. The van der Waals surface area contributed by atoms with E-state index in [0.717, 1.165) is 30.2 Å². The number of likely N-dealkylation sites (N-methyl/N-ethyl adjacent to an activating group) is 1. The fourth-order valence-electron chi connectivity index (χ4n) is 1.43. The van der Waals surface area contributed by atoms with E-state index in [1.807, 2.05) is 0 Å². The summed E-state index contributed by atoms with van der Waals surface area (Å²) in [4.78, 5) is 8.43. The topological polar surface area (TPSA) is 42.1 Å². The van der Waals surface area contributed by atoms with Crippen molar-refractivity contribution in [2.75, 3.05) is 13.6 Å². The Balaban J connectivity index is 2.33. The van der Waals surface area contributed by atoms with Gasteiger partial charge in [0.15, 0.2) is 5.01 Å². The van der Waals surface area contributed by atoms with Crippen molar-refractivity contribution in [3.8, 4) is 0 Å². The Morgan fingerprint density at radius 1 is 1.69 bits per heavy atom. The number of nitrogens with two attached hydrogens (primary N) is 1. The average Bonchev–Trinajstić information content (AvgIpc) is 2.46. The van der Waals surface area contributed by atoms with E-state index in [-0.39, 0.29) is 0 Å². The van der Waals surface area contributed by atoms with Crippen LogP contribution in [0.15, 0.2) is 0 Å². The summed E-state index contributed by atoms with van der Waals surface area (Å²) in [7, 11) is 2.10. The van der Waals surface area contributed by atoms with Crippen molar-refractivity contribution in [3.63, 3.8) is 0 Å². The molecular formula is C8H11N3S2. The normalized spacial score (nSPS) is 17.0. The summed E-state index contributed by atoms with van der Waals surface area (Å²) in [5.41, 5.74) is 6.68. The molecular weight excluding hydrogens is 202 g/mol. The van der Waals surface area contributed by atoms with Crippen molar-refractivity contribution < 1.29 is 0 Å². The van der Waals surface area contributed by atoms with Gasteiger partial charge in [0, 0.05) is 18.0 Å². The van der Waals surface area contributed by atoms with Crippen LogP contribution in [0, 0.1) is 0 Å². The van der Waals surface area contributed by atoms with Crippen LogP contribution in [0.25, 0.3) is 0 Å². The maximum Gasteiger partial charge on any atom is 0.150 e. The highest BCUT2D eigenvalue weighted by atomic mass is 32.1. The highest BCUT2D eigenvalue weighted by Crippen LogP contribution is 2.23. The summed E-state index contributed by atoms with van der Waals surface area (Å²) in [6.45, 7) is 2.03. The first kappa shape index (κ1) is 9.05. The Kier molecular flexibility index (Phi) is 2.31. The lowest BCUT2D eigenvalue weighted by molar-refractivity contribution is 0.311. The first-order valence-electron chi connectivity index (χ1n) is 4.14. The van der Waals surface area contributed by atoms with Gasteiger partial charge in [-0.3, -0.25) is 0 Å². The highest BCUT2D eigenvalue weighted by Gasteiger charge is 2.18. The van der Waals surface area contributed by atoms with Gasteiger partial charge < -0.3 is 10.6 Å². The largest absolute Gasteiger partial charge is 0.387 e. The number of rotatable bonds is 1. The second-order valence-electron chi connectivity index (χ2n) is 3.24. The zero-order chi connectivity index (χ0) is 9.42. The second-order valence-corrected chi connectivity index (χ2v) is 4.76. The van der Waals surface area contributed by atoms with Gasteiger partial charge in [-0.25, -0.2) is 4.98 Å². The first-order chi connectivity index (χ1) is 6.16. The van der Waals surface area contributed by atoms with Crippen LogP contribution >= 0.6 is 23.6 Å². The molecule has 1 aliphatic rings. The number of fused-ring (bicyclic) bond motifs is 1. The SMILES string of the molecule is CN1CCc2sc(C(N)=S)nc2C1. The van der Waals surface area contributed by atoms with Gasteiger partial charge in [-0.2, -0.15) is 0 Å². The van der Waals surface area contributed by atoms with E-state index in [9.17, 15) is 0 Å². The van der Waals surface area contributed by atoms with Crippen LogP contribution in [0.4, 0.5) is 0 Å². The molecule has 0 bridgehead atoms. The van der Waals surface area contributed by atoms with E-state index >= 15 is 0 Å². The predicted molar refractivity (Wildman–Crippen MR) is 58.0 cm³/mol. The molecule has 1 aromatic heterocycles. The molecule has 1 aliphatic heterocycles. The fourth-order valence-corrected chi connectivity index (χ4v) is 2.52. The quantitative estimate of drug-likeness (QED) is 0.700. The third-order valence-corrected chi connectivity index (χ3v) is 3.64. The van der Waals surface area contributed by atoms with E-state index in [1.54, 1.807) is 11.3 Å². The molecule has 13 heavy (non-hydrogen) atoms. The minimum Gasteiger partial charge on any atom is -0.387 e. The van der Waals surface area contributed by atoms with E-state index < -0.39 is 0 Å². The maximum absolute atomic E-state index is 5.53. The lowest BCUT2D eigenvalue weighted by atomic mass is 10.2. The molecule has 5 heteroatoms. The molecule has 0 amide bonds. The van der Waals surface area contributed by atoms with Crippen LogP contribution < -0.4 is 5.73 Å². The standard InChI is InChI=1S/C8H11N3S2/c1-11-3-2-6-5(4-11)10-8(13-6)7(9)12/h2-4H2,1H3,(H2,9,12). The molecule has 0 aromatic carbocycles. The Labute approximate surface area is 86.6 Å². The molecule has 2 rings (SSSR count). The zero-order valence-electron chi connectivity index (χ0n) is 7.41. The Morgan fingerprint density at radius 3 is 3.15 bits per heavy atom. The molecule has 0 spiro atoms. The Morgan fingerprint density at radius 2 is 2.46 bits per heavy atom. The zero-order valence-corrected chi connectivity index (χ0v) is 9.04. The first-order valence-corrected chi connectivity index (χ1v) is 5.36.